The predicted molar refractivity (Wildman–Crippen MR) is 226 cm³/mol. The molecule has 332 valence electrons. The number of hydrogen-bond acceptors (Lipinski definition) is 11. The molecule has 12 nitrogen and oxygen atoms in total. The van der Waals surface area contributed by atoms with Crippen LogP contribution in [0, 0.1) is 0 Å². The molecule has 5 atom stereocenters. The van der Waals surface area contributed by atoms with E-state index < -0.39 is 70.6 Å². The molecular weight excluding hydrogens is 751 g/mol. The number of ether oxygens (including phenoxy) is 2. The molecule has 0 aromatic rings. The monoisotopic (exact) mass is 831 g/mol. The summed E-state index contributed by atoms with van der Waals surface area (Å²) in [6.45, 7) is 2.04. The maximum Gasteiger partial charge on any atom is 0.472 e. The number of hydrogen-bond donors (Lipinski definition) is 5. The van der Waals surface area contributed by atoms with Gasteiger partial charge in [0.2, 0.25) is 0 Å². The van der Waals surface area contributed by atoms with Gasteiger partial charge in [0.1, 0.15) is 12.7 Å². The zero-order valence-corrected chi connectivity index (χ0v) is 36.2. The molecule has 0 saturated heterocycles. The Labute approximate surface area is 344 Å². The number of aliphatic hydroxyl groups is 4. The Hall–Kier alpha value is -2.15. The smallest absolute Gasteiger partial charge is 0.462 e. The third-order valence-electron chi connectivity index (χ3n) is 9.18. The van der Waals surface area contributed by atoms with Gasteiger partial charge in [-0.05, 0) is 38.5 Å². The number of esters is 2. The molecule has 0 radical (unpaired) electrons. The summed E-state index contributed by atoms with van der Waals surface area (Å²) in [6.07, 6.45) is 34.2. The number of phosphoric ester groups is 1. The highest BCUT2D eigenvalue weighted by molar-refractivity contribution is 7.47. The van der Waals surface area contributed by atoms with Gasteiger partial charge >= 0.3 is 19.8 Å². The number of aliphatic hydroxyl groups excluding tert-OH is 4. The molecule has 0 aliphatic rings. The van der Waals surface area contributed by atoms with Crippen LogP contribution in [0.15, 0.2) is 48.6 Å². The first-order valence-corrected chi connectivity index (χ1v) is 23.3. The van der Waals surface area contributed by atoms with Crippen molar-refractivity contribution in [3.63, 3.8) is 0 Å². The van der Waals surface area contributed by atoms with Gasteiger partial charge in [-0.1, -0.05) is 165 Å². The van der Waals surface area contributed by atoms with E-state index in [1.807, 2.05) is 6.08 Å². The second-order valence-corrected chi connectivity index (χ2v) is 16.2. The fourth-order valence-corrected chi connectivity index (χ4v) is 6.51. The van der Waals surface area contributed by atoms with Crippen molar-refractivity contribution in [1.29, 1.82) is 0 Å². The maximum absolute atomic E-state index is 12.6. The van der Waals surface area contributed by atoms with Gasteiger partial charge in [-0.15, -0.1) is 0 Å². The number of phosphoric acid groups is 1. The predicted octanol–water partition coefficient (Wildman–Crippen LogP) is 9.28. The third-order valence-corrected chi connectivity index (χ3v) is 10.1. The zero-order chi connectivity index (χ0) is 42.2. The molecule has 0 spiro atoms. The molecule has 0 bridgehead atoms. The van der Waals surface area contributed by atoms with E-state index in [1.165, 1.54) is 83.5 Å². The van der Waals surface area contributed by atoms with Crippen LogP contribution in [-0.4, -0.2) is 88.1 Å². The molecule has 0 aliphatic carbocycles. The molecule has 0 aliphatic heterocycles. The number of allylic oxidation sites excluding steroid dienone is 5. The number of carbonyl (C=O) groups excluding carboxylic acids is 2. The average Bonchev–Trinajstić information content (AvgIpc) is 3.19. The van der Waals surface area contributed by atoms with E-state index in [2.05, 4.69) is 24.4 Å². The van der Waals surface area contributed by atoms with E-state index in [0.29, 0.717) is 25.7 Å². The Morgan fingerprint density at radius 1 is 0.596 bits per heavy atom. The summed E-state index contributed by atoms with van der Waals surface area (Å²) in [5.41, 5.74) is 0. The van der Waals surface area contributed by atoms with Crippen LogP contribution in [0.5, 0.6) is 0 Å². The zero-order valence-electron chi connectivity index (χ0n) is 35.3. The van der Waals surface area contributed by atoms with E-state index in [-0.39, 0.29) is 12.8 Å². The highest BCUT2D eigenvalue weighted by Gasteiger charge is 2.27. The quantitative estimate of drug-likeness (QED) is 0.0130. The Morgan fingerprint density at radius 2 is 1.11 bits per heavy atom. The van der Waals surface area contributed by atoms with Crippen molar-refractivity contribution in [3.8, 4) is 0 Å². The molecule has 0 aromatic carbocycles. The maximum atomic E-state index is 12.6. The Bertz CT molecular complexity index is 1120. The van der Waals surface area contributed by atoms with Crippen LogP contribution in [0.3, 0.4) is 0 Å². The van der Waals surface area contributed by atoms with Crippen LogP contribution in [0.25, 0.3) is 0 Å². The van der Waals surface area contributed by atoms with Gasteiger partial charge in [-0.3, -0.25) is 18.6 Å². The van der Waals surface area contributed by atoms with Crippen LogP contribution >= 0.6 is 7.82 Å². The Kier molecular flexibility index (Phi) is 37.8. The first-order chi connectivity index (χ1) is 27.5. The molecule has 0 rings (SSSR count). The van der Waals surface area contributed by atoms with E-state index >= 15 is 0 Å². The van der Waals surface area contributed by atoms with Crippen LogP contribution in [0.1, 0.15) is 168 Å². The first-order valence-electron chi connectivity index (χ1n) is 21.8. The fraction of sp³-hybridized carbons (Fsp3) is 0.773. The summed E-state index contributed by atoms with van der Waals surface area (Å²) in [7, 11) is -4.67. The minimum atomic E-state index is -4.67. The highest BCUT2D eigenvalue weighted by atomic mass is 31.2. The first kappa shape index (κ1) is 54.9. The fourth-order valence-electron chi connectivity index (χ4n) is 5.72. The molecule has 0 amide bonds. The summed E-state index contributed by atoms with van der Waals surface area (Å²) in [5.74, 6) is -1.16. The summed E-state index contributed by atoms with van der Waals surface area (Å²) in [5, 5.41) is 38.6. The minimum Gasteiger partial charge on any atom is -0.462 e. The lowest BCUT2D eigenvalue weighted by Gasteiger charge is -2.20. The number of unbranched alkanes of at least 4 members (excludes halogenated alkanes) is 17. The largest absolute Gasteiger partial charge is 0.472 e. The lowest BCUT2D eigenvalue weighted by atomic mass is 10.0. The van der Waals surface area contributed by atoms with Crippen LogP contribution < -0.4 is 0 Å². The van der Waals surface area contributed by atoms with Gasteiger partial charge in [-0.2, -0.15) is 0 Å². The SMILES string of the molecule is CCCCC/C=C\C[C@@H](O)/C=C/C=C/C=C\[C@@H](O)CCCC(=O)OC[C@H](COP(=O)(O)OC[C@@H](O)CO)OC(=O)CCCCCCCCCCCCCCCCC. The van der Waals surface area contributed by atoms with Crippen molar-refractivity contribution >= 4 is 19.8 Å². The summed E-state index contributed by atoms with van der Waals surface area (Å²) in [4.78, 5) is 35.0. The van der Waals surface area contributed by atoms with Gasteiger partial charge in [0.25, 0.3) is 0 Å². The summed E-state index contributed by atoms with van der Waals surface area (Å²) in [6, 6.07) is 0. The summed E-state index contributed by atoms with van der Waals surface area (Å²) < 4.78 is 32.5. The van der Waals surface area contributed by atoms with E-state index in [4.69, 9.17) is 19.1 Å². The molecule has 5 N–H and O–H groups in total. The van der Waals surface area contributed by atoms with Gasteiger partial charge in [0, 0.05) is 12.8 Å². The standard InChI is InChI=1S/C44H79O12P/c1-3-5-7-9-11-12-13-14-15-16-17-18-19-21-27-33-44(50)56-42(38-55-57(51,52)54-36-41(48)35-45)37-53-43(49)34-28-32-40(47)31-26-23-22-25-30-39(46)29-24-20-10-8-6-4-2/h20,22-26,30-31,39-42,45-48H,3-19,21,27-29,32-38H2,1-2H3,(H,51,52)/b23-22+,24-20-,30-25+,31-26-/t39-,40-,41+,42-/m1/s1. The Balaban J connectivity index is 4.54. The summed E-state index contributed by atoms with van der Waals surface area (Å²) >= 11 is 0. The van der Waals surface area contributed by atoms with E-state index in [1.54, 1.807) is 36.5 Å². The van der Waals surface area contributed by atoms with Crippen molar-refractivity contribution in [3.05, 3.63) is 48.6 Å². The van der Waals surface area contributed by atoms with Crippen molar-refractivity contribution in [1.82, 2.24) is 0 Å². The molecule has 57 heavy (non-hydrogen) atoms. The molecular formula is C44H79O12P. The molecule has 0 aromatic heterocycles. The number of carbonyl (C=O) groups is 2. The van der Waals surface area contributed by atoms with E-state index in [0.717, 1.165) is 32.1 Å². The molecule has 0 saturated carbocycles. The Morgan fingerprint density at radius 3 is 1.68 bits per heavy atom. The minimum absolute atomic E-state index is 0.0181. The lowest BCUT2D eigenvalue weighted by Crippen LogP contribution is -2.30. The van der Waals surface area contributed by atoms with E-state index in [9.17, 15) is 34.4 Å². The van der Waals surface area contributed by atoms with Crippen LogP contribution in [0.4, 0.5) is 0 Å². The van der Waals surface area contributed by atoms with Crippen molar-refractivity contribution in [2.24, 2.45) is 0 Å². The van der Waals surface area contributed by atoms with Gasteiger partial charge in [0.05, 0.1) is 32.0 Å². The highest BCUT2D eigenvalue weighted by Crippen LogP contribution is 2.43. The van der Waals surface area contributed by atoms with Gasteiger partial charge in [0.15, 0.2) is 6.10 Å². The topological polar surface area (TPSA) is 189 Å². The molecule has 13 heteroatoms. The van der Waals surface area contributed by atoms with Crippen molar-refractivity contribution in [2.75, 3.05) is 26.4 Å². The molecule has 0 heterocycles. The third kappa shape index (κ3) is 39.1. The van der Waals surface area contributed by atoms with Crippen LogP contribution in [-0.2, 0) is 32.7 Å². The molecule has 0 fully saturated rings. The second kappa shape index (κ2) is 39.3. The van der Waals surface area contributed by atoms with Gasteiger partial charge in [-0.25, -0.2) is 4.57 Å². The van der Waals surface area contributed by atoms with Crippen molar-refractivity contribution in [2.45, 2.75) is 192 Å². The van der Waals surface area contributed by atoms with Crippen LogP contribution in [0.2, 0.25) is 0 Å². The number of rotatable bonds is 40. The van der Waals surface area contributed by atoms with Crippen molar-refractivity contribution < 1.29 is 58.0 Å². The normalized spacial score (nSPS) is 15.4. The lowest BCUT2D eigenvalue weighted by molar-refractivity contribution is -0.161. The molecule has 1 unspecified atom stereocenters. The second-order valence-electron chi connectivity index (χ2n) is 14.8. The van der Waals surface area contributed by atoms with Gasteiger partial charge < -0.3 is 34.8 Å². The average molecular weight is 831 g/mol.